The van der Waals surface area contributed by atoms with E-state index in [1.54, 1.807) is 0 Å². The Balaban J connectivity index is 1.54. The zero-order chi connectivity index (χ0) is 19.4. The maximum atomic E-state index is 12.2. The lowest BCUT2D eigenvalue weighted by atomic mass is 9.91. The number of primary amides is 1. The third-order valence-electron chi connectivity index (χ3n) is 4.43. The Morgan fingerprint density at radius 2 is 2.07 bits per heavy atom. The molecule has 1 aromatic carbocycles. The van der Waals surface area contributed by atoms with Crippen molar-refractivity contribution in [2.45, 2.75) is 18.9 Å². The first kappa shape index (κ1) is 18.6. The summed E-state index contributed by atoms with van der Waals surface area (Å²) in [6, 6.07) is 9.84. The summed E-state index contributed by atoms with van der Waals surface area (Å²) >= 11 is 0. The molecule has 2 amide bonds. The fraction of sp³-hybridized carbons (Fsp3) is 0.250. The van der Waals surface area contributed by atoms with Crippen LogP contribution in [0.15, 0.2) is 54.1 Å². The lowest BCUT2D eigenvalue weighted by Gasteiger charge is -2.22. The van der Waals surface area contributed by atoms with Gasteiger partial charge in [0.1, 0.15) is 0 Å². The number of nitrogens with one attached hydrogen (secondary N) is 2. The molecule has 2 aromatic rings. The van der Waals surface area contributed by atoms with Gasteiger partial charge in [0.2, 0.25) is 0 Å². The van der Waals surface area contributed by atoms with Gasteiger partial charge < -0.3 is 21.5 Å². The fourth-order valence-corrected chi connectivity index (χ4v) is 2.91. The number of aromatic nitrogens is 1. The van der Waals surface area contributed by atoms with Gasteiger partial charge in [0.15, 0.2) is 5.60 Å². The normalized spacial score (nSPS) is 18.8. The second-order valence-corrected chi connectivity index (χ2v) is 6.50. The molecular weight excluding hydrogens is 344 g/mol. The number of carbonyl (C=O) groups is 2. The molecule has 140 valence electrons. The number of aliphatic hydroxyl groups is 1. The van der Waals surface area contributed by atoms with E-state index in [2.05, 4.69) is 15.6 Å². The minimum absolute atomic E-state index is 0.0118. The van der Waals surface area contributed by atoms with Gasteiger partial charge in [-0.3, -0.25) is 14.6 Å². The zero-order valence-electron chi connectivity index (χ0n) is 15.0. The van der Waals surface area contributed by atoms with Crippen molar-refractivity contribution in [1.82, 2.24) is 10.3 Å². The molecule has 0 radical (unpaired) electrons. The largest absolute Gasteiger partial charge is 0.383 e. The van der Waals surface area contributed by atoms with Crippen molar-refractivity contribution in [2.75, 3.05) is 18.4 Å². The van der Waals surface area contributed by atoms with Gasteiger partial charge >= 0.3 is 0 Å². The van der Waals surface area contributed by atoms with Gasteiger partial charge in [0, 0.05) is 41.9 Å². The number of pyridine rings is 1. The standard InChI is InChI=1S/C20H22N4O3/c1-13-12-17(15-4-2-3-5-16(15)24-13)22-10-11-23-18(25)14-6-8-20(27,9-7-14)19(21)26/h2-8,12,27H,9-11H2,1H3,(H2,21,26)(H,22,24)(H,23,25). The number of hydrogen-bond acceptors (Lipinski definition) is 5. The molecule has 0 fully saturated rings. The zero-order valence-corrected chi connectivity index (χ0v) is 15.0. The van der Waals surface area contributed by atoms with Crippen LogP contribution in [-0.2, 0) is 9.59 Å². The molecule has 1 aliphatic rings. The predicted octanol–water partition coefficient (Wildman–Crippen LogP) is 1.17. The Morgan fingerprint density at radius 1 is 1.30 bits per heavy atom. The quantitative estimate of drug-likeness (QED) is 0.573. The highest BCUT2D eigenvalue weighted by molar-refractivity contribution is 5.98. The third-order valence-corrected chi connectivity index (χ3v) is 4.43. The summed E-state index contributed by atoms with van der Waals surface area (Å²) in [4.78, 5) is 27.9. The number of hydrogen-bond donors (Lipinski definition) is 4. The fourth-order valence-electron chi connectivity index (χ4n) is 2.91. The summed E-state index contributed by atoms with van der Waals surface area (Å²) < 4.78 is 0. The molecule has 7 heteroatoms. The molecule has 5 N–H and O–H groups in total. The number of rotatable bonds is 6. The highest BCUT2D eigenvalue weighted by atomic mass is 16.3. The van der Waals surface area contributed by atoms with Crippen LogP contribution in [0.2, 0.25) is 0 Å². The monoisotopic (exact) mass is 366 g/mol. The van der Waals surface area contributed by atoms with Crippen molar-refractivity contribution in [3.05, 3.63) is 59.8 Å². The average molecular weight is 366 g/mol. The molecule has 27 heavy (non-hydrogen) atoms. The molecule has 7 nitrogen and oxygen atoms in total. The number of para-hydroxylation sites is 1. The van der Waals surface area contributed by atoms with Crippen LogP contribution in [0.3, 0.4) is 0 Å². The molecule has 1 heterocycles. The van der Waals surface area contributed by atoms with Crippen LogP contribution < -0.4 is 16.4 Å². The second-order valence-electron chi connectivity index (χ2n) is 6.50. The smallest absolute Gasteiger partial charge is 0.253 e. The van der Waals surface area contributed by atoms with E-state index < -0.39 is 11.5 Å². The summed E-state index contributed by atoms with van der Waals surface area (Å²) in [5.74, 6) is -1.10. The second kappa shape index (κ2) is 7.59. The molecule has 0 spiro atoms. The molecular formula is C20H22N4O3. The van der Waals surface area contributed by atoms with Gasteiger partial charge in [0.25, 0.3) is 11.8 Å². The van der Waals surface area contributed by atoms with E-state index in [1.165, 1.54) is 18.2 Å². The number of nitrogens with zero attached hydrogens (tertiary/aromatic N) is 1. The Bertz CT molecular complexity index is 951. The highest BCUT2D eigenvalue weighted by Gasteiger charge is 2.32. The van der Waals surface area contributed by atoms with Crippen LogP contribution in [0.5, 0.6) is 0 Å². The molecule has 1 aromatic heterocycles. The van der Waals surface area contributed by atoms with Crippen LogP contribution in [0.25, 0.3) is 10.9 Å². The maximum absolute atomic E-state index is 12.2. The van der Waals surface area contributed by atoms with E-state index in [-0.39, 0.29) is 12.3 Å². The van der Waals surface area contributed by atoms with Gasteiger partial charge in [-0.15, -0.1) is 0 Å². The van der Waals surface area contributed by atoms with Gasteiger partial charge in [0.05, 0.1) is 5.52 Å². The number of benzene rings is 1. The maximum Gasteiger partial charge on any atom is 0.253 e. The van der Waals surface area contributed by atoms with Gasteiger partial charge in [-0.25, -0.2) is 0 Å². The van der Waals surface area contributed by atoms with E-state index >= 15 is 0 Å². The molecule has 3 rings (SSSR count). The van der Waals surface area contributed by atoms with Gasteiger partial charge in [-0.2, -0.15) is 0 Å². The predicted molar refractivity (Wildman–Crippen MR) is 104 cm³/mol. The molecule has 1 aliphatic carbocycles. The van der Waals surface area contributed by atoms with E-state index in [0.717, 1.165) is 22.3 Å². The number of fused-ring (bicyclic) bond motifs is 1. The lowest BCUT2D eigenvalue weighted by Crippen LogP contribution is -2.43. The average Bonchev–Trinajstić information content (AvgIpc) is 2.65. The Morgan fingerprint density at radius 3 is 2.78 bits per heavy atom. The van der Waals surface area contributed by atoms with Crippen LogP contribution >= 0.6 is 0 Å². The van der Waals surface area contributed by atoms with Gasteiger partial charge in [-0.1, -0.05) is 30.4 Å². The number of aryl methyl sites for hydroxylation is 1. The van der Waals surface area contributed by atoms with E-state index in [9.17, 15) is 14.7 Å². The molecule has 0 saturated carbocycles. The minimum Gasteiger partial charge on any atom is -0.383 e. The van der Waals surface area contributed by atoms with Crippen LogP contribution in [0.1, 0.15) is 12.1 Å². The van der Waals surface area contributed by atoms with Crippen molar-refractivity contribution in [2.24, 2.45) is 5.73 Å². The number of amides is 2. The van der Waals surface area contributed by atoms with Crippen LogP contribution in [-0.4, -0.2) is 40.6 Å². The number of anilines is 1. The molecule has 0 saturated heterocycles. The van der Waals surface area contributed by atoms with E-state index in [4.69, 9.17) is 5.73 Å². The first-order valence-electron chi connectivity index (χ1n) is 8.69. The van der Waals surface area contributed by atoms with E-state index in [0.29, 0.717) is 18.7 Å². The van der Waals surface area contributed by atoms with Crippen molar-refractivity contribution >= 4 is 28.4 Å². The van der Waals surface area contributed by atoms with Crippen molar-refractivity contribution in [1.29, 1.82) is 0 Å². The van der Waals surface area contributed by atoms with E-state index in [1.807, 2.05) is 37.3 Å². The molecule has 1 unspecified atom stereocenters. The van der Waals surface area contributed by atoms with Gasteiger partial charge in [-0.05, 0) is 25.1 Å². The van der Waals surface area contributed by atoms with Crippen molar-refractivity contribution < 1.29 is 14.7 Å². The van der Waals surface area contributed by atoms with Crippen molar-refractivity contribution in [3.8, 4) is 0 Å². The Hall–Kier alpha value is -3.19. The Kier molecular flexibility index (Phi) is 5.23. The van der Waals surface area contributed by atoms with Crippen LogP contribution in [0, 0.1) is 6.92 Å². The summed E-state index contributed by atoms with van der Waals surface area (Å²) in [6.07, 6.45) is 4.17. The topological polar surface area (TPSA) is 117 Å². The number of carbonyl (C=O) groups excluding carboxylic acids is 2. The van der Waals surface area contributed by atoms with Crippen LogP contribution in [0.4, 0.5) is 5.69 Å². The lowest BCUT2D eigenvalue weighted by molar-refractivity contribution is -0.131. The highest BCUT2D eigenvalue weighted by Crippen LogP contribution is 2.23. The molecule has 1 atom stereocenters. The first-order valence-corrected chi connectivity index (χ1v) is 8.69. The summed E-state index contributed by atoms with van der Waals surface area (Å²) in [7, 11) is 0. The summed E-state index contributed by atoms with van der Waals surface area (Å²) in [5, 5.41) is 17.1. The third kappa shape index (κ3) is 4.15. The first-order chi connectivity index (χ1) is 12.9. The summed E-state index contributed by atoms with van der Waals surface area (Å²) in [5.41, 5.74) is 6.63. The SMILES string of the molecule is Cc1cc(NCCNC(=O)C2=CCC(O)(C(N)=O)C=C2)c2ccccc2n1. The minimum atomic E-state index is -1.72. The Labute approximate surface area is 157 Å². The molecule has 0 aliphatic heterocycles. The van der Waals surface area contributed by atoms with Crippen molar-refractivity contribution in [3.63, 3.8) is 0 Å². The molecule has 0 bridgehead atoms. The number of nitrogens with two attached hydrogens (primary N) is 1. The summed E-state index contributed by atoms with van der Waals surface area (Å²) in [6.45, 7) is 2.90.